The average molecular weight is 599 g/mol. The third kappa shape index (κ3) is 5.42. The topological polar surface area (TPSA) is 217 Å². The predicted molar refractivity (Wildman–Crippen MR) is 142 cm³/mol. The fourth-order valence-corrected chi connectivity index (χ4v) is 5.89. The SMILES string of the molecule is COc1cccc2c(O[C@@H]3O[C@H](CO[C@@H]4O[C@H](CO)[C@@H](O)[C@H](O)[C@H]4O)[C@@H](O)[C@H](O)[C@H]3O)c3c(c(O)c12)[C@@H](C)O[C@H](C)C3. The lowest BCUT2D eigenvalue weighted by Gasteiger charge is -2.43. The second kappa shape index (κ2) is 12.3. The molecule has 0 amide bonds. The van der Waals surface area contributed by atoms with Crippen LogP contribution in [0.1, 0.15) is 31.1 Å². The number of aliphatic hydroxyl groups is 7. The van der Waals surface area contributed by atoms with Crippen molar-refractivity contribution in [1.29, 1.82) is 0 Å². The Hall–Kier alpha value is -2.34. The van der Waals surface area contributed by atoms with Gasteiger partial charge in [0.05, 0.1) is 37.9 Å². The highest BCUT2D eigenvalue weighted by atomic mass is 16.7. The highest BCUT2D eigenvalue weighted by molar-refractivity contribution is 6.00. The standard InChI is InChI=1S/C28H38O14/c1-10-7-13-17(11(2)39-10)21(32)18-12(5-4-6-14(18)37-3)26(13)42-28-25(36)23(34)20(31)16(41-28)9-38-27-24(35)22(33)19(30)15(8-29)40-27/h4-6,10-11,15-16,19-20,22-25,27-36H,7-9H2,1-3H3/t10-,11-,15-,16-,19-,20-,22+,23+,24-,25-,27-,28+/m1/s1. The molecule has 3 aliphatic rings. The van der Waals surface area contributed by atoms with Crippen molar-refractivity contribution >= 4 is 10.8 Å². The van der Waals surface area contributed by atoms with Gasteiger partial charge in [0.25, 0.3) is 0 Å². The first kappa shape index (κ1) is 31.1. The van der Waals surface area contributed by atoms with Crippen molar-refractivity contribution in [2.24, 2.45) is 0 Å². The van der Waals surface area contributed by atoms with Crippen molar-refractivity contribution in [1.82, 2.24) is 0 Å². The van der Waals surface area contributed by atoms with Crippen LogP contribution in [0, 0.1) is 0 Å². The zero-order valence-corrected chi connectivity index (χ0v) is 23.3. The summed E-state index contributed by atoms with van der Waals surface area (Å²) in [7, 11) is 1.46. The number of hydrogen-bond acceptors (Lipinski definition) is 14. The molecular formula is C28H38O14. The summed E-state index contributed by atoms with van der Waals surface area (Å²) >= 11 is 0. The van der Waals surface area contributed by atoms with Gasteiger partial charge < -0.3 is 69.3 Å². The third-order valence-electron chi connectivity index (χ3n) is 8.09. The second-order valence-corrected chi connectivity index (χ2v) is 10.9. The summed E-state index contributed by atoms with van der Waals surface area (Å²) in [5.41, 5.74) is 1.10. The molecule has 12 atom stereocenters. The minimum absolute atomic E-state index is 0.0319. The number of phenols is 1. The molecular weight excluding hydrogens is 560 g/mol. The molecule has 42 heavy (non-hydrogen) atoms. The van der Waals surface area contributed by atoms with Gasteiger partial charge in [-0.2, -0.15) is 0 Å². The minimum atomic E-state index is -1.73. The molecule has 14 heteroatoms. The van der Waals surface area contributed by atoms with Crippen molar-refractivity contribution < 1.29 is 69.3 Å². The van der Waals surface area contributed by atoms with E-state index in [1.165, 1.54) is 7.11 Å². The first-order valence-corrected chi connectivity index (χ1v) is 13.8. The zero-order chi connectivity index (χ0) is 30.5. The van der Waals surface area contributed by atoms with Crippen LogP contribution in [-0.4, -0.2) is 129 Å². The van der Waals surface area contributed by atoms with Crippen molar-refractivity contribution in [2.75, 3.05) is 20.3 Å². The summed E-state index contributed by atoms with van der Waals surface area (Å²) in [5.74, 6) is 0.602. The maximum atomic E-state index is 11.3. The Balaban J connectivity index is 1.45. The van der Waals surface area contributed by atoms with E-state index in [1.54, 1.807) is 25.1 Å². The monoisotopic (exact) mass is 598 g/mol. The Morgan fingerprint density at radius 3 is 2.14 bits per heavy atom. The molecule has 0 aromatic heterocycles. The molecule has 2 fully saturated rings. The van der Waals surface area contributed by atoms with Crippen molar-refractivity contribution in [3.63, 3.8) is 0 Å². The lowest BCUT2D eigenvalue weighted by molar-refractivity contribution is -0.323. The van der Waals surface area contributed by atoms with Gasteiger partial charge in [0, 0.05) is 22.9 Å². The molecule has 2 aromatic carbocycles. The highest BCUT2D eigenvalue weighted by Gasteiger charge is 2.48. The van der Waals surface area contributed by atoms with Gasteiger partial charge >= 0.3 is 0 Å². The second-order valence-electron chi connectivity index (χ2n) is 10.9. The number of methoxy groups -OCH3 is 1. The van der Waals surface area contributed by atoms with E-state index in [4.69, 9.17) is 28.4 Å². The Morgan fingerprint density at radius 2 is 1.48 bits per heavy atom. The Kier molecular flexibility index (Phi) is 9.14. The Bertz CT molecular complexity index is 1260. The quantitative estimate of drug-likeness (QED) is 0.184. The predicted octanol–water partition coefficient (Wildman–Crippen LogP) is -1.42. The summed E-state index contributed by atoms with van der Waals surface area (Å²) in [6.45, 7) is 2.50. The molecule has 2 aromatic rings. The van der Waals surface area contributed by atoms with Gasteiger partial charge in [-0.15, -0.1) is 0 Å². The third-order valence-corrected chi connectivity index (χ3v) is 8.09. The lowest BCUT2D eigenvalue weighted by Crippen LogP contribution is -2.62. The lowest BCUT2D eigenvalue weighted by atomic mass is 9.89. The fraction of sp³-hybridized carbons (Fsp3) is 0.643. The highest BCUT2D eigenvalue weighted by Crippen LogP contribution is 2.50. The Morgan fingerprint density at radius 1 is 0.833 bits per heavy atom. The van der Waals surface area contributed by atoms with Crippen molar-refractivity contribution in [3.05, 3.63) is 29.3 Å². The van der Waals surface area contributed by atoms with E-state index in [1.807, 2.05) is 6.92 Å². The summed E-state index contributed by atoms with van der Waals surface area (Å²) in [5, 5.41) is 84.0. The molecule has 0 unspecified atom stereocenters. The first-order chi connectivity index (χ1) is 20.0. The molecule has 5 rings (SSSR count). The molecule has 14 nitrogen and oxygen atoms in total. The van der Waals surface area contributed by atoms with Gasteiger partial charge in [-0.05, 0) is 19.9 Å². The van der Waals surface area contributed by atoms with Gasteiger partial charge in [-0.25, -0.2) is 0 Å². The van der Waals surface area contributed by atoms with Crippen LogP contribution in [0.2, 0.25) is 0 Å². The molecule has 3 aliphatic heterocycles. The molecule has 0 spiro atoms. The smallest absolute Gasteiger partial charge is 0.229 e. The minimum Gasteiger partial charge on any atom is -0.507 e. The van der Waals surface area contributed by atoms with Crippen LogP contribution in [-0.2, 0) is 25.4 Å². The van der Waals surface area contributed by atoms with Gasteiger partial charge in [0.15, 0.2) is 6.29 Å². The molecule has 0 bridgehead atoms. The summed E-state index contributed by atoms with van der Waals surface area (Å²) in [4.78, 5) is 0. The molecule has 8 N–H and O–H groups in total. The van der Waals surface area contributed by atoms with Crippen LogP contribution in [0.3, 0.4) is 0 Å². The Labute approximate surface area is 241 Å². The van der Waals surface area contributed by atoms with E-state index in [2.05, 4.69) is 0 Å². The summed E-state index contributed by atoms with van der Waals surface area (Å²) in [6.07, 6.45) is -16.0. The number of benzene rings is 2. The average Bonchev–Trinajstić information content (AvgIpc) is 2.97. The van der Waals surface area contributed by atoms with Gasteiger partial charge in [0.1, 0.15) is 66.1 Å². The van der Waals surface area contributed by atoms with Gasteiger partial charge in [0.2, 0.25) is 6.29 Å². The molecule has 3 heterocycles. The van der Waals surface area contributed by atoms with Crippen LogP contribution in [0.4, 0.5) is 0 Å². The van der Waals surface area contributed by atoms with E-state index >= 15 is 0 Å². The van der Waals surface area contributed by atoms with E-state index in [0.29, 0.717) is 34.1 Å². The van der Waals surface area contributed by atoms with Crippen LogP contribution in [0.5, 0.6) is 17.2 Å². The zero-order valence-electron chi connectivity index (χ0n) is 23.3. The maximum Gasteiger partial charge on any atom is 0.229 e. The normalized spacial score (nSPS) is 38.7. The number of hydrogen-bond donors (Lipinski definition) is 8. The summed E-state index contributed by atoms with van der Waals surface area (Å²) < 4.78 is 34.4. The van der Waals surface area contributed by atoms with Crippen LogP contribution in [0.25, 0.3) is 10.8 Å². The maximum absolute atomic E-state index is 11.3. The largest absolute Gasteiger partial charge is 0.507 e. The van der Waals surface area contributed by atoms with E-state index in [-0.39, 0.29) is 17.6 Å². The molecule has 2 saturated heterocycles. The van der Waals surface area contributed by atoms with Crippen LogP contribution >= 0.6 is 0 Å². The van der Waals surface area contributed by atoms with Gasteiger partial charge in [-0.1, -0.05) is 12.1 Å². The number of phenolic OH excluding ortho intramolecular Hbond substituents is 1. The molecule has 234 valence electrons. The molecule has 0 radical (unpaired) electrons. The van der Waals surface area contributed by atoms with Crippen LogP contribution in [0.15, 0.2) is 18.2 Å². The van der Waals surface area contributed by atoms with Crippen molar-refractivity contribution in [2.45, 2.75) is 93.9 Å². The molecule has 0 aliphatic carbocycles. The number of aliphatic hydroxyl groups excluding tert-OH is 7. The fourth-order valence-electron chi connectivity index (χ4n) is 5.89. The van der Waals surface area contributed by atoms with Gasteiger partial charge in [-0.3, -0.25) is 0 Å². The number of rotatable bonds is 7. The summed E-state index contributed by atoms with van der Waals surface area (Å²) in [6, 6.07) is 5.09. The van der Waals surface area contributed by atoms with E-state index < -0.39 is 80.7 Å². The number of fused-ring (bicyclic) bond motifs is 2. The van der Waals surface area contributed by atoms with Crippen molar-refractivity contribution in [3.8, 4) is 17.2 Å². The molecule has 0 saturated carbocycles. The van der Waals surface area contributed by atoms with Crippen LogP contribution < -0.4 is 9.47 Å². The first-order valence-electron chi connectivity index (χ1n) is 13.8. The van der Waals surface area contributed by atoms with E-state index in [0.717, 1.165) is 0 Å². The number of aromatic hydroxyl groups is 1. The van der Waals surface area contributed by atoms with E-state index in [9.17, 15) is 40.9 Å². The number of ether oxygens (including phenoxy) is 6.